The third-order valence-corrected chi connectivity index (χ3v) is 3.48. The minimum absolute atomic E-state index is 0.0253. The van der Waals surface area contributed by atoms with Crippen molar-refractivity contribution in [3.63, 3.8) is 0 Å². The number of aromatic amines is 1. The van der Waals surface area contributed by atoms with E-state index >= 15 is 0 Å². The molecule has 5 heteroatoms. The molecule has 0 spiro atoms. The molecule has 2 aromatic rings. The summed E-state index contributed by atoms with van der Waals surface area (Å²) in [5, 5.41) is 0. The lowest BCUT2D eigenvalue weighted by molar-refractivity contribution is 0.405. The zero-order valence-electron chi connectivity index (χ0n) is 9.43. The predicted octanol–water partition coefficient (Wildman–Crippen LogP) is 2.43. The summed E-state index contributed by atoms with van der Waals surface area (Å²) >= 11 is 0. The first kappa shape index (κ1) is 10.7. The molecule has 1 unspecified atom stereocenters. The van der Waals surface area contributed by atoms with Crippen LogP contribution >= 0.6 is 0 Å². The molecule has 3 rings (SSSR count). The Morgan fingerprint density at radius 3 is 2.76 bits per heavy atom. The fourth-order valence-corrected chi connectivity index (χ4v) is 2.15. The molecule has 3 nitrogen and oxygen atoms in total. The summed E-state index contributed by atoms with van der Waals surface area (Å²) < 4.78 is 26.6. The largest absolute Gasteiger partial charge is 0.340 e. The third-order valence-electron chi connectivity index (χ3n) is 3.48. The fourth-order valence-electron chi connectivity index (χ4n) is 2.15. The Hall–Kier alpha value is -1.49. The average molecular weight is 237 g/mol. The molecule has 17 heavy (non-hydrogen) atoms. The maximum atomic E-state index is 13.5. The van der Waals surface area contributed by atoms with E-state index in [1.807, 2.05) is 6.92 Å². The van der Waals surface area contributed by atoms with Crippen molar-refractivity contribution in [3.05, 3.63) is 29.6 Å². The Bertz CT molecular complexity index is 585. The van der Waals surface area contributed by atoms with E-state index in [4.69, 9.17) is 5.73 Å². The molecule has 1 heterocycles. The third kappa shape index (κ3) is 1.53. The summed E-state index contributed by atoms with van der Waals surface area (Å²) in [6, 6.07) is 2.57. The van der Waals surface area contributed by atoms with Crippen LogP contribution in [-0.2, 0) is 5.54 Å². The van der Waals surface area contributed by atoms with Gasteiger partial charge >= 0.3 is 0 Å². The van der Waals surface area contributed by atoms with Crippen molar-refractivity contribution in [1.82, 2.24) is 9.97 Å². The highest BCUT2D eigenvalue weighted by Gasteiger charge is 2.42. The van der Waals surface area contributed by atoms with Crippen LogP contribution in [0.5, 0.6) is 0 Å². The molecular formula is C12H13F2N3. The Morgan fingerprint density at radius 2 is 2.12 bits per heavy atom. The summed E-state index contributed by atoms with van der Waals surface area (Å²) in [6.45, 7) is 1.87. The summed E-state index contributed by atoms with van der Waals surface area (Å²) in [5.74, 6) is -0.909. The number of H-pyrrole nitrogens is 1. The van der Waals surface area contributed by atoms with Gasteiger partial charge in [-0.25, -0.2) is 13.8 Å². The molecule has 0 bridgehead atoms. The van der Waals surface area contributed by atoms with Gasteiger partial charge in [0.15, 0.2) is 11.6 Å². The molecule has 1 aromatic heterocycles. The molecule has 0 amide bonds. The van der Waals surface area contributed by atoms with Crippen LogP contribution < -0.4 is 5.73 Å². The van der Waals surface area contributed by atoms with Crippen molar-refractivity contribution in [1.29, 1.82) is 0 Å². The summed E-state index contributed by atoms with van der Waals surface area (Å²) in [7, 11) is 0. The molecule has 0 saturated heterocycles. The van der Waals surface area contributed by atoms with Gasteiger partial charge in [-0.1, -0.05) is 0 Å². The molecule has 90 valence electrons. The van der Waals surface area contributed by atoms with Gasteiger partial charge in [-0.3, -0.25) is 0 Å². The summed E-state index contributed by atoms with van der Waals surface area (Å²) in [5.41, 5.74) is 6.10. The van der Waals surface area contributed by atoms with Gasteiger partial charge in [-0.2, -0.15) is 0 Å². The molecule has 0 radical (unpaired) electrons. The topological polar surface area (TPSA) is 54.7 Å². The van der Waals surface area contributed by atoms with Crippen LogP contribution in [-0.4, -0.2) is 9.97 Å². The first-order valence-corrected chi connectivity index (χ1v) is 5.63. The van der Waals surface area contributed by atoms with Crippen LogP contribution in [0.2, 0.25) is 0 Å². The number of benzene rings is 1. The Kier molecular flexibility index (Phi) is 2.04. The second-order valence-electron chi connectivity index (χ2n) is 4.90. The van der Waals surface area contributed by atoms with E-state index in [-0.39, 0.29) is 5.52 Å². The van der Waals surface area contributed by atoms with Gasteiger partial charge in [-0.15, -0.1) is 0 Å². The quantitative estimate of drug-likeness (QED) is 0.842. The SMILES string of the molecule is CC(N)(c1nc2c(F)c(F)ccc2[nH]1)C1CC1. The number of imidazole rings is 1. The van der Waals surface area contributed by atoms with Crippen LogP contribution in [0.4, 0.5) is 8.78 Å². The smallest absolute Gasteiger partial charge is 0.186 e. The highest BCUT2D eigenvalue weighted by Crippen LogP contribution is 2.43. The summed E-state index contributed by atoms with van der Waals surface area (Å²) in [6.07, 6.45) is 2.11. The molecule has 1 aliphatic rings. The van der Waals surface area contributed by atoms with E-state index in [0.29, 0.717) is 17.3 Å². The fraction of sp³-hybridized carbons (Fsp3) is 0.417. The van der Waals surface area contributed by atoms with Gasteiger partial charge in [0.2, 0.25) is 0 Å². The van der Waals surface area contributed by atoms with Gasteiger partial charge < -0.3 is 10.7 Å². The molecule has 0 aliphatic heterocycles. The van der Waals surface area contributed by atoms with Crippen molar-refractivity contribution in [2.24, 2.45) is 11.7 Å². The highest BCUT2D eigenvalue weighted by molar-refractivity contribution is 5.76. The lowest BCUT2D eigenvalue weighted by Crippen LogP contribution is -2.36. The van der Waals surface area contributed by atoms with E-state index in [2.05, 4.69) is 9.97 Å². The minimum Gasteiger partial charge on any atom is -0.340 e. The van der Waals surface area contributed by atoms with Crippen molar-refractivity contribution in [2.45, 2.75) is 25.3 Å². The maximum absolute atomic E-state index is 13.5. The second-order valence-corrected chi connectivity index (χ2v) is 4.90. The summed E-state index contributed by atoms with van der Waals surface area (Å²) in [4.78, 5) is 7.09. The lowest BCUT2D eigenvalue weighted by atomic mass is 9.97. The first-order chi connectivity index (χ1) is 8.00. The van der Waals surface area contributed by atoms with Crippen molar-refractivity contribution in [3.8, 4) is 0 Å². The van der Waals surface area contributed by atoms with Crippen LogP contribution in [0.1, 0.15) is 25.6 Å². The van der Waals surface area contributed by atoms with Crippen LogP contribution in [0.25, 0.3) is 11.0 Å². The number of nitrogens with one attached hydrogen (secondary N) is 1. The van der Waals surface area contributed by atoms with Crippen molar-refractivity contribution < 1.29 is 8.78 Å². The maximum Gasteiger partial charge on any atom is 0.186 e. The molecule has 1 atom stereocenters. The average Bonchev–Trinajstić information content (AvgIpc) is 3.04. The number of rotatable bonds is 2. The number of nitrogens with two attached hydrogens (primary N) is 1. The Balaban J connectivity index is 2.16. The molecular weight excluding hydrogens is 224 g/mol. The van der Waals surface area contributed by atoms with Gasteiger partial charge in [0.05, 0.1) is 11.1 Å². The van der Waals surface area contributed by atoms with E-state index < -0.39 is 17.2 Å². The predicted molar refractivity (Wildman–Crippen MR) is 60.3 cm³/mol. The zero-order chi connectivity index (χ0) is 12.2. The molecule has 1 aromatic carbocycles. The van der Waals surface area contributed by atoms with Crippen molar-refractivity contribution >= 4 is 11.0 Å². The first-order valence-electron chi connectivity index (χ1n) is 5.63. The standard InChI is InChI=1S/C12H13F2N3/c1-12(15,6-2-3-6)11-16-8-5-4-7(13)9(14)10(8)17-11/h4-6H,2-3,15H2,1H3,(H,16,17). The van der Waals surface area contributed by atoms with Gasteiger partial charge in [-0.05, 0) is 37.8 Å². The van der Waals surface area contributed by atoms with E-state index in [0.717, 1.165) is 18.9 Å². The minimum atomic E-state index is -0.920. The molecule has 1 fully saturated rings. The van der Waals surface area contributed by atoms with Crippen LogP contribution in [0.15, 0.2) is 12.1 Å². The highest BCUT2D eigenvalue weighted by atomic mass is 19.2. The zero-order valence-corrected chi connectivity index (χ0v) is 9.43. The Labute approximate surface area is 97.0 Å². The number of hydrogen-bond donors (Lipinski definition) is 2. The molecule has 1 aliphatic carbocycles. The van der Waals surface area contributed by atoms with Gasteiger partial charge in [0.25, 0.3) is 0 Å². The van der Waals surface area contributed by atoms with Crippen molar-refractivity contribution in [2.75, 3.05) is 0 Å². The number of hydrogen-bond acceptors (Lipinski definition) is 2. The van der Waals surface area contributed by atoms with Crippen LogP contribution in [0, 0.1) is 17.6 Å². The number of nitrogens with zero attached hydrogens (tertiary/aromatic N) is 1. The van der Waals surface area contributed by atoms with Crippen LogP contribution in [0.3, 0.4) is 0 Å². The van der Waals surface area contributed by atoms with E-state index in [9.17, 15) is 8.78 Å². The number of aromatic nitrogens is 2. The monoisotopic (exact) mass is 237 g/mol. The molecule has 3 N–H and O–H groups in total. The van der Waals surface area contributed by atoms with Gasteiger partial charge in [0, 0.05) is 0 Å². The second kappa shape index (κ2) is 3.26. The van der Waals surface area contributed by atoms with E-state index in [1.54, 1.807) is 0 Å². The van der Waals surface area contributed by atoms with Gasteiger partial charge in [0.1, 0.15) is 11.3 Å². The normalized spacial score (nSPS) is 19.5. The van der Waals surface area contributed by atoms with E-state index in [1.165, 1.54) is 6.07 Å². The number of halogens is 2. The molecule has 1 saturated carbocycles. The Morgan fingerprint density at radius 1 is 1.41 bits per heavy atom. The lowest BCUT2D eigenvalue weighted by Gasteiger charge is -2.21. The number of fused-ring (bicyclic) bond motifs is 1.